The lowest BCUT2D eigenvalue weighted by Crippen LogP contribution is -2.37. The van der Waals surface area contributed by atoms with Crippen molar-refractivity contribution in [1.82, 2.24) is 15.2 Å². The van der Waals surface area contributed by atoms with Crippen LogP contribution in [-0.2, 0) is 27.2 Å². The van der Waals surface area contributed by atoms with Crippen molar-refractivity contribution in [2.75, 3.05) is 12.4 Å². The number of esters is 1. The van der Waals surface area contributed by atoms with E-state index in [1.807, 2.05) is 30.3 Å². The first-order chi connectivity index (χ1) is 10.6. The van der Waals surface area contributed by atoms with Crippen molar-refractivity contribution in [3.8, 4) is 0 Å². The molecule has 1 atom stereocenters. The number of aromatic nitrogens is 3. The molecule has 0 spiro atoms. The third-order valence-corrected chi connectivity index (χ3v) is 2.94. The maximum atomic E-state index is 12.0. The standard InChI is InChI=1S/C14H17N5O3.ClH/c1-22-12(20)8-11-16-14(19-18-11)17-13(21)10(15)7-9-5-3-2-4-6-9;/h2-6,10H,7-8,15H2,1H3,(H2,16,17,18,19,21);1H/t10-;/m0./s1. The highest BCUT2D eigenvalue weighted by molar-refractivity contribution is 5.93. The van der Waals surface area contributed by atoms with E-state index in [1.54, 1.807) is 0 Å². The molecule has 0 saturated heterocycles. The Kier molecular flexibility index (Phi) is 7.17. The van der Waals surface area contributed by atoms with Crippen LogP contribution < -0.4 is 11.1 Å². The van der Waals surface area contributed by atoms with E-state index in [0.717, 1.165) is 5.56 Å². The minimum absolute atomic E-state index is 0. The second-order valence-electron chi connectivity index (χ2n) is 4.64. The number of carbonyl (C=O) groups is 2. The first kappa shape index (κ1) is 18.6. The molecule has 0 unspecified atom stereocenters. The SMILES string of the molecule is COC(=O)Cc1nc(NC(=O)[C@@H](N)Cc2ccccc2)n[nH]1.Cl. The summed E-state index contributed by atoms with van der Waals surface area (Å²) in [6.45, 7) is 0. The Balaban J connectivity index is 0.00000264. The third kappa shape index (κ3) is 5.68. The van der Waals surface area contributed by atoms with E-state index in [2.05, 4.69) is 25.2 Å². The smallest absolute Gasteiger partial charge is 0.313 e. The van der Waals surface area contributed by atoms with E-state index >= 15 is 0 Å². The third-order valence-electron chi connectivity index (χ3n) is 2.94. The fraction of sp³-hybridized carbons (Fsp3) is 0.286. The number of rotatable bonds is 6. The summed E-state index contributed by atoms with van der Waals surface area (Å²) in [5, 5.41) is 8.85. The number of anilines is 1. The number of nitrogens with two attached hydrogens (primary N) is 1. The zero-order chi connectivity index (χ0) is 15.9. The van der Waals surface area contributed by atoms with Gasteiger partial charge in [0, 0.05) is 0 Å². The molecule has 0 bridgehead atoms. The first-order valence-electron chi connectivity index (χ1n) is 6.67. The summed E-state index contributed by atoms with van der Waals surface area (Å²) < 4.78 is 4.52. The van der Waals surface area contributed by atoms with Gasteiger partial charge >= 0.3 is 5.97 Å². The topological polar surface area (TPSA) is 123 Å². The van der Waals surface area contributed by atoms with Crippen LogP contribution in [0.3, 0.4) is 0 Å². The number of benzene rings is 1. The number of methoxy groups -OCH3 is 1. The lowest BCUT2D eigenvalue weighted by Gasteiger charge is -2.10. The molecule has 2 rings (SSSR count). The van der Waals surface area contributed by atoms with Gasteiger partial charge in [-0.15, -0.1) is 17.5 Å². The molecule has 9 heteroatoms. The van der Waals surface area contributed by atoms with Crippen molar-refractivity contribution in [3.05, 3.63) is 41.7 Å². The Hall–Kier alpha value is -2.45. The zero-order valence-corrected chi connectivity index (χ0v) is 13.3. The molecule has 0 aliphatic carbocycles. The van der Waals surface area contributed by atoms with Crippen LogP contribution in [0.5, 0.6) is 0 Å². The maximum Gasteiger partial charge on any atom is 0.313 e. The molecule has 1 amide bonds. The van der Waals surface area contributed by atoms with Crippen molar-refractivity contribution in [2.45, 2.75) is 18.9 Å². The Morgan fingerprint density at radius 1 is 1.35 bits per heavy atom. The van der Waals surface area contributed by atoms with Gasteiger partial charge in [0.15, 0.2) is 0 Å². The van der Waals surface area contributed by atoms with Gasteiger partial charge in [-0.05, 0) is 12.0 Å². The highest BCUT2D eigenvalue weighted by Crippen LogP contribution is 2.05. The van der Waals surface area contributed by atoms with Gasteiger partial charge in [-0.1, -0.05) is 30.3 Å². The lowest BCUT2D eigenvalue weighted by molar-refractivity contribution is -0.139. The molecule has 124 valence electrons. The summed E-state index contributed by atoms with van der Waals surface area (Å²) in [7, 11) is 1.28. The summed E-state index contributed by atoms with van der Waals surface area (Å²) in [6.07, 6.45) is 0.363. The van der Waals surface area contributed by atoms with Crippen LogP contribution in [0.15, 0.2) is 30.3 Å². The first-order valence-corrected chi connectivity index (χ1v) is 6.67. The van der Waals surface area contributed by atoms with Crippen molar-refractivity contribution < 1.29 is 14.3 Å². The quantitative estimate of drug-likeness (QED) is 0.657. The molecule has 0 fully saturated rings. The monoisotopic (exact) mass is 339 g/mol. The molecule has 1 heterocycles. The molecule has 0 radical (unpaired) electrons. The molecule has 0 aliphatic rings. The van der Waals surface area contributed by atoms with E-state index in [9.17, 15) is 9.59 Å². The van der Waals surface area contributed by atoms with Gasteiger partial charge in [0.2, 0.25) is 11.9 Å². The maximum absolute atomic E-state index is 12.0. The van der Waals surface area contributed by atoms with Gasteiger partial charge in [0.25, 0.3) is 0 Å². The number of nitrogens with one attached hydrogen (secondary N) is 2. The van der Waals surface area contributed by atoms with Gasteiger partial charge in [-0.2, -0.15) is 4.98 Å². The van der Waals surface area contributed by atoms with Crippen LogP contribution in [0.4, 0.5) is 5.95 Å². The number of carbonyl (C=O) groups excluding carboxylic acids is 2. The van der Waals surface area contributed by atoms with E-state index in [0.29, 0.717) is 12.2 Å². The highest BCUT2D eigenvalue weighted by atomic mass is 35.5. The van der Waals surface area contributed by atoms with Crippen LogP contribution in [0.2, 0.25) is 0 Å². The fourth-order valence-corrected chi connectivity index (χ4v) is 1.80. The van der Waals surface area contributed by atoms with Crippen LogP contribution in [0, 0.1) is 0 Å². The summed E-state index contributed by atoms with van der Waals surface area (Å²) in [5.41, 5.74) is 6.82. The number of aromatic amines is 1. The summed E-state index contributed by atoms with van der Waals surface area (Å²) in [5.74, 6) is -0.464. The Morgan fingerprint density at radius 2 is 2.04 bits per heavy atom. The number of H-pyrrole nitrogens is 1. The predicted molar refractivity (Wildman–Crippen MR) is 86.1 cm³/mol. The molecule has 23 heavy (non-hydrogen) atoms. The number of hydrogen-bond donors (Lipinski definition) is 3. The van der Waals surface area contributed by atoms with Crippen molar-refractivity contribution in [2.24, 2.45) is 5.73 Å². The van der Waals surface area contributed by atoms with Crippen LogP contribution in [0.1, 0.15) is 11.4 Å². The number of nitrogens with zero attached hydrogens (tertiary/aromatic N) is 2. The summed E-state index contributed by atoms with van der Waals surface area (Å²) in [6, 6.07) is 8.74. The molecule has 1 aromatic heterocycles. The fourth-order valence-electron chi connectivity index (χ4n) is 1.80. The second kappa shape index (κ2) is 8.86. The molecular weight excluding hydrogens is 322 g/mol. The summed E-state index contributed by atoms with van der Waals surface area (Å²) in [4.78, 5) is 27.1. The number of amides is 1. The molecular formula is C14H18ClN5O3. The van der Waals surface area contributed by atoms with Gasteiger partial charge in [-0.25, -0.2) is 0 Å². The van der Waals surface area contributed by atoms with Crippen molar-refractivity contribution in [1.29, 1.82) is 0 Å². The minimum Gasteiger partial charge on any atom is -0.469 e. The lowest BCUT2D eigenvalue weighted by atomic mass is 10.1. The zero-order valence-electron chi connectivity index (χ0n) is 12.5. The highest BCUT2D eigenvalue weighted by Gasteiger charge is 2.16. The van der Waals surface area contributed by atoms with Crippen LogP contribution in [0.25, 0.3) is 0 Å². The second-order valence-corrected chi connectivity index (χ2v) is 4.64. The predicted octanol–water partition coefficient (Wildman–Crippen LogP) is 0.450. The van der Waals surface area contributed by atoms with Gasteiger partial charge in [0.1, 0.15) is 12.2 Å². The van der Waals surface area contributed by atoms with Gasteiger partial charge in [-0.3, -0.25) is 20.0 Å². The van der Waals surface area contributed by atoms with E-state index < -0.39 is 17.9 Å². The van der Waals surface area contributed by atoms with Crippen molar-refractivity contribution >= 4 is 30.2 Å². The number of hydrogen-bond acceptors (Lipinski definition) is 6. The number of ether oxygens (including phenoxy) is 1. The van der Waals surface area contributed by atoms with E-state index in [1.165, 1.54) is 7.11 Å². The average molecular weight is 340 g/mol. The van der Waals surface area contributed by atoms with E-state index in [4.69, 9.17) is 5.73 Å². The van der Waals surface area contributed by atoms with Crippen molar-refractivity contribution in [3.63, 3.8) is 0 Å². The van der Waals surface area contributed by atoms with Crippen LogP contribution in [-0.4, -0.2) is 40.2 Å². The molecule has 2 aromatic rings. The molecule has 0 saturated carbocycles. The minimum atomic E-state index is -0.718. The molecule has 0 aliphatic heterocycles. The Labute approximate surface area is 139 Å². The largest absolute Gasteiger partial charge is 0.469 e. The van der Waals surface area contributed by atoms with Gasteiger partial charge < -0.3 is 10.5 Å². The molecule has 1 aromatic carbocycles. The Bertz CT molecular complexity index is 647. The Morgan fingerprint density at radius 3 is 2.70 bits per heavy atom. The normalized spacial score (nSPS) is 11.2. The average Bonchev–Trinajstić information content (AvgIpc) is 2.95. The summed E-state index contributed by atoms with van der Waals surface area (Å²) >= 11 is 0. The van der Waals surface area contributed by atoms with Crippen LogP contribution >= 0.6 is 12.4 Å². The molecule has 8 nitrogen and oxygen atoms in total. The van der Waals surface area contributed by atoms with E-state index in [-0.39, 0.29) is 24.8 Å². The number of halogens is 1. The van der Waals surface area contributed by atoms with Gasteiger partial charge in [0.05, 0.1) is 13.2 Å². The molecule has 4 N–H and O–H groups in total.